The Labute approximate surface area is 170 Å². The third-order valence-corrected chi connectivity index (χ3v) is 5.23. The molecule has 1 aliphatic rings. The van der Waals surface area contributed by atoms with Crippen LogP contribution in [0.3, 0.4) is 0 Å². The van der Waals surface area contributed by atoms with E-state index >= 15 is 0 Å². The van der Waals surface area contributed by atoms with E-state index in [0.717, 1.165) is 47.8 Å². The molecule has 0 bridgehead atoms. The first-order valence-electron chi connectivity index (χ1n) is 10.1. The van der Waals surface area contributed by atoms with Gasteiger partial charge >= 0.3 is 6.03 Å². The first-order valence-corrected chi connectivity index (χ1v) is 10.1. The first-order chi connectivity index (χ1) is 14.1. The number of carbonyl (C=O) groups excluding carboxylic acids is 1. The molecule has 4 rings (SSSR count). The quantitative estimate of drug-likeness (QED) is 0.690. The molecule has 8 heteroatoms. The summed E-state index contributed by atoms with van der Waals surface area (Å²) in [7, 11) is 0. The lowest BCUT2D eigenvalue weighted by molar-refractivity contribution is 0.202. The van der Waals surface area contributed by atoms with Gasteiger partial charge in [-0.1, -0.05) is 32.1 Å². The third-order valence-electron chi connectivity index (χ3n) is 5.23. The van der Waals surface area contributed by atoms with Crippen molar-refractivity contribution in [2.24, 2.45) is 0 Å². The standard InChI is InChI=1S/C21H27N7O/c1-4-10-22-21(29)27-12-7-11-26(13-14-27)20-23-17-9-6-5-8-16(17)19-25-24-18(15(2)3)28(19)20/h4-6,8-9,15H,1,7,10-14H2,2-3H3,(H,22,29). The van der Waals surface area contributed by atoms with Crippen molar-refractivity contribution < 1.29 is 4.79 Å². The van der Waals surface area contributed by atoms with Crippen molar-refractivity contribution in [2.75, 3.05) is 37.6 Å². The minimum absolute atomic E-state index is 0.0458. The number of nitrogens with zero attached hydrogens (tertiary/aromatic N) is 6. The lowest BCUT2D eigenvalue weighted by atomic mass is 10.2. The van der Waals surface area contributed by atoms with Crippen molar-refractivity contribution in [2.45, 2.75) is 26.2 Å². The number of aromatic nitrogens is 4. The van der Waals surface area contributed by atoms with Crippen LogP contribution in [0.25, 0.3) is 16.6 Å². The second kappa shape index (κ2) is 8.06. The van der Waals surface area contributed by atoms with Crippen LogP contribution in [-0.4, -0.2) is 63.2 Å². The van der Waals surface area contributed by atoms with Crippen LogP contribution in [0.5, 0.6) is 0 Å². The molecule has 2 aromatic heterocycles. The van der Waals surface area contributed by atoms with Crippen molar-refractivity contribution in [3.63, 3.8) is 0 Å². The highest BCUT2D eigenvalue weighted by Gasteiger charge is 2.24. The molecule has 8 nitrogen and oxygen atoms in total. The normalized spacial score (nSPS) is 15.1. The molecule has 0 saturated carbocycles. The highest BCUT2D eigenvalue weighted by atomic mass is 16.2. The van der Waals surface area contributed by atoms with Crippen LogP contribution in [0.2, 0.25) is 0 Å². The molecular weight excluding hydrogens is 366 g/mol. The second-order valence-electron chi connectivity index (χ2n) is 7.60. The topological polar surface area (TPSA) is 78.7 Å². The van der Waals surface area contributed by atoms with Gasteiger partial charge in [-0.3, -0.25) is 0 Å². The molecule has 152 valence electrons. The highest BCUT2D eigenvalue weighted by Crippen LogP contribution is 2.27. The molecule has 2 amide bonds. The number of hydrogen-bond donors (Lipinski definition) is 1. The van der Waals surface area contributed by atoms with Gasteiger partial charge in [0.25, 0.3) is 0 Å². The van der Waals surface area contributed by atoms with Crippen LogP contribution >= 0.6 is 0 Å². The lowest BCUT2D eigenvalue weighted by Crippen LogP contribution is -2.42. The average molecular weight is 393 g/mol. The fourth-order valence-electron chi connectivity index (χ4n) is 3.76. The summed E-state index contributed by atoms with van der Waals surface area (Å²) in [5.41, 5.74) is 1.74. The Morgan fingerprint density at radius 1 is 1.21 bits per heavy atom. The number of fused-ring (bicyclic) bond motifs is 3. The summed E-state index contributed by atoms with van der Waals surface area (Å²) in [6.45, 7) is 11.2. The SMILES string of the molecule is C=CCNC(=O)N1CCCN(c2nc3ccccc3c3nnc(C(C)C)n23)CC1. The number of para-hydroxylation sites is 1. The smallest absolute Gasteiger partial charge is 0.317 e. The average Bonchev–Trinajstić information content (AvgIpc) is 3.03. The van der Waals surface area contributed by atoms with E-state index in [0.29, 0.717) is 19.6 Å². The molecule has 29 heavy (non-hydrogen) atoms. The van der Waals surface area contributed by atoms with Crippen LogP contribution in [0.1, 0.15) is 32.0 Å². The van der Waals surface area contributed by atoms with Crippen molar-refractivity contribution >= 4 is 28.5 Å². The lowest BCUT2D eigenvalue weighted by Gasteiger charge is -2.24. The highest BCUT2D eigenvalue weighted by molar-refractivity contribution is 5.92. The summed E-state index contributed by atoms with van der Waals surface area (Å²) in [4.78, 5) is 21.4. The predicted molar refractivity (Wildman–Crippen MR) is 114 cm³/mol. The molecule has 1 aromatic carbocycles. The largest absolute Gasteiger partial charge is 0.340 e. The summed E-state index contributed by atoms with van der Waals surface area (Å²) in [6.07, 6.45) is 2.56. The van der Waals surface area contributed by atoms with E-state index in [1.54, 1.807) is 6.08 Å². The summed E-state index contributed by atoms with van der Waals surface area (Å²) in [5.74, 6) is 1.97. The number of benzene rings is 1. The molecule has 0 atom stereocenters. The zero-order chi connectivity index (χ0) is 20.4. The second-order valence-corrected chi connectivity index (χ2v) is 7.60. The number of anilines is 1. The fraction of sp³-hybridized carbons (Fsp3) is 0.429. The number of rotatable bonds is 4. The number of carbonyl (C=O) groups is 1. The molecule has 3 heterocycles. The Morgan fingerprint density at radius 3 is 2.83 bits per heavy atom. The van der Waals surface area contributed by atoms with Crippen LogP contribution in [-0.2, 0) is 0 Å². The fourth-order valence-corrected chi connectivity index (χ4v) is 3.76. The molecule has 0 radical (unpaired) electrons. The Bertz CT molecular complexity index is 1040. The van der Waals surface area contributed by atoms with Gasteiger partial charge in [0.15, 0.2) is 5.65 Å². The molecule has 1 N–H and O–H groups in total. The Balaban J connectivity index is 1.71. The number of nitrogens with one attached hydrogen (secondary N) is 1. The summed E-state index contributed by atoms with van der Waals surface area (Å²) in [5, 5.41) is 12.8. The minimum Gasteiger partial charge on any atom is -0.340 e. The van der Waals surface area contributed by atoms with Crippen LogP contribution in [0, 0.1) is 0 Å². The molecule has 1 aliphatic heterocycles. The van der Waals surface area contributed by atoms with Gasteiger partial charge in [0, 0.05) is 44.0 Å². The van der Waals surface area contributed by atoms with E-state index in [2.05, 4.69) is 45.2 Å². The maximum absolute atomic E-state index is 12.3. The van der Waals surface area contributed by atoms with Crippen molar-refractivity contribution in [1.82, 2.24) is 29.8 Å². The van der Waals surface area contributed by atoms with Gasteiger partial charge in [-0.15, -0.1) is 16.8 Å². The molecule has 1 fully saturated rings. The molecule has 0 unspecified atom stereocenters. The Morgan fingerprint density at radius 2 is 2.03 bits per heavy atom. The van der Waals surface area contributed by atoms with Gasteiger partial charge in [0.2, 0.25) is 5.95 Å². The van der Waals surface area contributed by atoms with E-state index in [9.17, 15) is 4.79 Å². The zero-order valence-corrected chi connectivity index (χ0v) is 17.0. The maximum Gasteiger partial charge on any atom is 0.317 e. The van der Waals surface area contributed by atoms with Crippen LogP contribution in [0.4, 0.5) is 10.7 Å². The number of amides is 2. The van der Waals surface area contributed by atoms with E-state index in [1.165, 1.54) is 0 Å². The minimum atomic E-state index is -0.0458. The first kappa shape index (κ1) is 19.2. The van der Waals surface area contributed by atoms with Gasteiger partial charge in [-0.25, -0.2) is 14.2 Å². The van der Waals surface area contributed by atoms with Crippen molar-refractivity contribution in [3.8, 4) is 0 Å². The van der Waals surface area contributed by atoms with Gasteiger partial charge in [-0.2, -0.15) is 0 Å². The molecule has 0 spiro atoms. The maximum atomic E-state index is 12.3. The third kappa shape index (κ3) is 3.62. The van der Waals surface area contributed by atoms with Crippen LogP contribution in [0.15, 0.2) is 36.9 Å². The zero-order valence-electron chi connectivity index (χ0n) is 17.0. The number of hydrogen-bond acceptors (Lipinski definition) is 5. The molecule has 0 aliphatic carbocycles. The summed E-state index contributed by atoms with van der Waals surface area (Å²) < 4.78 is 2.08. The van der Waals surface area contributed by atoms with Crippen LogP contribution < -0.4 is 10.2 Å². The Kier molecular flexibility index (Phi) is 5.33. The van der Waals surface area contributed by atoms with E-state index in [-0.39, 0.29) is 11.9 Å². The van der Waals surface area contributed by atoms with E-state index in [4.69, 9.17) is 4.98 Å². The molecule has 1 saturated heterocycles. The molecule has 3 aromatic rings. The van der Waals surface area contributed by atoms with Gasteiger partial charge < -0.3 is 15.1 Å². The van der Waals surface area contributed by atoms with E-state index in [1.807, 2.05) is 29.2 Å². The summed E-state index contributed by atoms with van der Waals surface area (Å²) in [6, 6.07) is 7.99. The number of urea groups is 1. The predicted octanol–water partition coefficient (Wildman–Crippen LogP) is 2.81. The van der Waals surface area contributed by atoms with Gasteiger partial charge in [0.05, 0.1) is 5.52 Å². The van der Waals surface area contributed by atoms with Crippen molar-refractivity contribution in [3.05, 3.63) is 42.7 Å². The summed E-state index contributed by atoms with van der Waals surface area (Å²) >= 11 is 0. The Hall–Kier alpha value is -3.16. The monoisotopic (exact) mass is 393 g/mol. The van der Waals surface area contributed by atoms with Gasteiger partial charge in [0.1, 0.15) is 5.82 Å². The van der Waals surface area contributed by atoms with Crippen molar-refractivity contribution in [1.29, 1.82) is 0 Å². The van der Waals surface area contributed by atoms with Gasteiger partial charge in [-0.05, 0) is 18.6 Å². The molecular formula is C21H27N7O. The van der Waals surface area contributed by atoms with E-state index < -0.39 is 0 Å².